The number of rotatable bonds is 3. The Kier molecular flexibility index (Phi) is 5.48. The molecular formula is C18H15F6N5O3. The lowest BCUT2D eigenvalue weighted by Gasteiger charge is -2.28. The van der Waals surface area contributed by atoms with Crippen molar-refractivity contribution in [2.75, 3.05) is 36.5 Å². The first-order valence-corrected chi connectivity index (χ1v) is 9.20. The number of nitrogens with zero attached hydrogens (tertiary/aromatic N) is 4. The predicted molar refractivity (Wildman–Crippen MR) is 98.7 cm³/mol. The van der Waals surface area contributed by atoms with E-state index in [0.29, 0.717) is 26.3 Å². The molecule has 172 valence electrons. The lowest BCUT2D eigenvalue weighted by atomic mass is 10.3. The summed E-state index contributed by atoms with van der Waals surface area (Å²) in [6, 6.07) is 6.10. The van der Waals surface area contributed by atoms with Crippen LogP contribution in [0, 0.1) is 0 Å². The Hall–Kier alpha value is -3.29. The highest BCUT2D eigenvalue weighted by Crippen LogP contribution is 2.47. The van der Waals surface area contributed by atoms with Gasteiger partial charge in [-0.25, -0.2) is 9.97 Å². The molecule has 0 atom stereocenters. The first-order valence-electron chi connectivity index (χ1n) is 9.20. The summed E-state index contributed by atoms with van der Waals surface area (Å²) in [4.78, 5) is 12.2. The van der Waals surface area contributed by atoms with E-state index in [4.69, 9.17) is 14.2 Å². The molecule has 2 aliphatic rings. The number of aromatic nitrogens is 2. The van der Waals surface area contributed by atoms with Gasteiger partial charge in [0.2, 0.25) is 5.84 Å². The number of amidine groups is 1. The number of anilines is 2. The number of morpholine rings is 1. The number of halogens is 6. The fourth-order valence-electron chi connectivity index (χ4n) is 2.97. The van der Waals surface area contributed by atoms with E-state index in [2.05, 4.69) is 15.0 Å². The number of alkyl halides is 6. The van der Waals surface area contributed by atoms with Crippen molar-refractivity contribution in [2.24, 2.45) is 4.99 Å². The van der Waals surface area contributed by atoms with Gasteiger partial charge in [0.1, 0.15) is 18.0 Å². The molecule has 0 saturated carbocycles. The van der Waals surface area contributed by atoms with Gasteiger partial charge in [0, 0.05) is 19.2 Å². The van der Waals surface area contributed by atoms with Gasteiger partial charge in [-0.2, -0.15) is 31.3 Å². The monoisotopic (exact) mass is 463 g/mol. The molecule has 0 unspecified atom stereocenters. The summed E-state index contributed by atoms with van der Waals surface area (Å²) in [6.07, 6.45) is -9.77. The minimum Gasteiger partial charge on any atom is -0.423 e. The van der Waals surface area contributed by atoms with Gasteiger partial charge >= 0.3 is 18.3 Å². The van der Waals surface area contributed by atoms with E-state index < -0.39 is 41.4 Å². The Morgan fingerprint density at radius 3 is 2.19 bits per heavy atom. The molecule has 0 aliphatic carbocycles. The molecule has 32 heavy (non-hydrogen) atoms. The normalized spacial score (nSPS) is 18.6. The van der Waals surface area contributed by atoms with Crippen LogP contribution in [0.1, 0.15) is 0 Å². The summed E-state index contributed by atoms with van der Waals surface area (Å²) in [5.41, 5.74) is 0. The summed E-state index contributed by atoms with van der Waals surface area (Å²) >= 11 is 0. The van der Waals surface area contributed by atoms with Gasteiger partial charge in [-0.1, -0.05) is 12.1 Å². The molecule has 1 aromatic carbocycles. The average molecular weight is 463 g/mol. The van der Waals surface area contributed by atoms with E-state index in [1.54, 1.807) is 10.2 Å². The van der Waals surface area contributed by atoms with Crippen LogP contribution in [0.25, 0.3) is 0 Å². The van der Waals surface area contributed by atoms with Gasteiger partial charge in [0.15, 0.2) is 11.5 Å². The largest absolute Gasteiger partial charge is 0.494 e. The second-order valence-electron chi connectivity index (χ2n) is 6.67. The highest BCUT2D eigenvalue weighted by atomic mass is 19.4. The maximum atomic E-state index is 13.8. The van der Waals surface area contributed by atoms with Crippen molar-refractivity contribution in [1.29, 1.82) is 0 Å². The van der Waals surface area contributed by atoms with Crippen molar-refractivity contribution in [3.05, 3.63) is 36.7 Å². The smallest absolute Gasteiger partial charge is 0.423 e. The number of benzene rings is 1. The zero-order chi connectivity index (χ0) is 23.0. The standard InChI is InChI=1S/C18H15F6N5O3/c19-16(20,21)15(27-13-9-14(26-10-25-13)29-5-7-30-8-6-29)28-18(17(22,23)24)31-11-3-1-2-4-12(11)32-18/h1-4,9-10H,5-8H2,(H,25,26,27,28). The second-order valence-corrected chi connectivity index (χ2v) is 6.67. The fourth-order valence-corrected chi connectivity index (χ4v) is 2.97. The van der Waals surface area contributed by atoms with E-state index in [1.807, 2.05) is 0 Å². The number of para-hydroxylation sites is 2. The van der Waals surface area contributed by atoms with Crippen molar-refractivity contribution in [3.63, 3.8) is 0 Å². The molecule has 0 radical (unpaired) electrons. The van der Waals surface area contributed by atoms with Gasteiger partial charge < -0.3 is 24.4 Å². The molecule has 1 aromatic heterocycles. The van der Waals surface area contributed by atoms with Crippen molar-refractivity contribution in [3.8, 4) is 11.5 Å². The molecule has 1 fully saturated rings. The Labute approximate surface area is 176 Å². The Bertz CT molecular complexity index is 982. The number of ether oxygens (including phenoxy) is 3. The van der Waals surface area contributed by atoms with E-state index in [0.717, 1.165) is 24.5 Å². The minimum atomic E-state index is -5.44. The summed E-state index contributed by atoms with van der Waals surface area (Å²) in [5.74, 6) is -6.86. The summed E-state index contributed by atoms with van der Waals surface area (Å²) in [5, 5.41) is 1.80. The second kappa shape index (κ2) is 8.00. The van der Waals surface area contributed by atoms with Gasteiger partial charge in [-0.3, -0.25) is 0 Å². The maximum absolute atomic E-state index is 13.8. The van der Waals surface area contributed by atoms with Crippen molar-refractivity contribution >= 4 is 17.5 Å². The zero-order valence-corrected chi connectivity index (χ0v) is 16.1. The summed E-state index contributed by atoms with van der Waals surface area (Å²) in [7, 11) is 0. The average Bonchev–Trinajstić information content (AvgIpc) is 3.13. The third-order valence-electron chi connectivity index (χ3n) is 4.47. The van der Waals surface area contributed by atoms with Crippen LogP contribution in [-0.2, 0) is 4.74 Å². The zero-order valence-electron chi connectivity index (χ0n) is 16.1. The van der Waals surface area contributed by atoms with Crippen LogP contribution in [-0.4, -0.2) is 60.4 Å². The first-order chi connectivity index (χ1) is 15.1. The fraction of sp³-hybridized carbons (Fsp3) is 0.389. The van der Waals surface area contributed by atoms with Gasteiger partial charge in [0.25, 0.3) is 0 Å². The van der Waals surface area contributed by atoms with E-state index in [9.17, 15) is 26.3 Å². The van der Waals surface area contributed by atoms with Crippen LogP contribution in [0.5, 0.6) is 11.5 Å². The highest BCUT2D eigenvalue weighted by Gasteiger charge is 2.66. The number of aliphatic imine (C=N–C) groups is 1. The Balaban J connectivity index is 1.68. The molecule has 14 heteroatoms. The van der Waals surface area contributed by atoms with Gasteiger partial charge in [0.05, 0.1) is 13.2 Å². The van der Waals surface area contributed by atoms with Crippen LogP contribution in [0.3, 0.4) is 0 Å². The van der Waals surface area contributed by atoms with E-state index in [-0.39, 0.29) is 5.82 Å². The minimum absolute atomic E-state index is 0.277. The molecular weight excluding hydrogens is 448 g/mol. The number of nitrogens with one attached hydrogen (secondary N) is 1. The molecule has 1 N–H and O–H groups in total. The van der Waals surface area contributed by atoms with Gasteiger partial charge in [-0.05, 0) is 12.1 Å². The topological polar surface area (TPSA) is 81.1 Å². The molecule has 3 heterocycles. The van der Waals surface area contributed by atoms with E-state index >= 15 is 0 Å². The number of hydrogen-bond donors (Lipinski definition) is 1. The quantitative estimate of drug-likeness (QED) is 0.425. The van der Waals surface area contributed by atoms with Gasteiger partial charge in [-0.15, -0.1) is 0 Å². The molecule has 1 saturated heterocycles. The van der Waals surface area contributed by atoms with Crippen LogP contribution in [0.4, 0.5) is 38.0 Å². The first kappa shape index (κ1) is 21.9. The van der Waals surface area contributed by atoms with Crippen molar-refractivity contribution in [1.82, 2.24) is 9.97 Å². The third kappa shape index (κ3) is 4.35. The maximum Gasteiger partial charge on any atom is 0.494 e. The van der Waals surface area contributed by atoms with Crippen molar-refractivity contribution in [2.45, 2.75) is 18.3 Å². The molecule has 8 nitrogen and oxygen atoms in total. The lowest BCUT2D eigenvalue weighted by Crippen LogP contribution is -2.53. The molecule has 4 rings (SSSR count). The summed E-state index contributed by atoms with van der Waals surface area (Å²) in [6.45, 7) is 1.66. The number of hydrogen-bond acceptors (Lipinski definition) is 7. The van der Waals surface area contributed by atoms with Crippen LogP contribution < -0.4 is 19.7 Å². The predicted octanol–water partition coefficient (Wildman–Crippen LogP) is 3.37. The third-order valence-corrected chi connectivity index (χ3v) is 4.47. The van der Waals surface area contributed by atoms with Crippen LogP contribution in [0.15, 0.2) is 41.7 Å². The molecule has 2 aliphatic heterocycles. The molecule has 2 aromatic rings. The highest BCUT2D eigenvalue weighted by molar-refractivity contribution is 5.99. The molecule has 0 bridgehead atoms. The SMILES string of the molecule is FC(F)(F)C(=NC1(C(F)(F)F)Oc2ccccc2O1)Nc1cc(N2CCOCC2)ncn1. The number of fused-ring (bicyclic) bond motifs is 1. The van der Waals surface area contributed by atoms with E-state index in [1.165, 1.54) is 12.1 Å². The van der Waals surface area contributed by atoms with Crippen LogP contribution >= 0.6 is 0 Å². The Morgan fingerprint density at radius 2 is 1.62 bits per heavy atom. The lowest BCUT2D eigenvalue weighted by molar-refractivity contribution is -0.305. The molecule has 0 spiro atoms. The Morgan fingerprint density at radius 1 is 1.00 bits per heavy atom. The van der Waals surface area contributed by atoms with Crippen molar-refractivity contribution < 1.29 is 40.6 Å². The molecule has 0 amide bonds. The van der Waals surface area contributed by atoms with Crippen LogP contribution in [0.2, 0.25) is 0 Å². The summed E-state index contributed by atoms with van der Waals surface area (Å²) < 4.78 is 96.9.